The molecule has 0 fully saturated rings. The maximum Gasteiger partial charge on any atom is 0.636 e. The van der Waals surface area contributed by atoms with Crippen molar-refractivity contribution in [2.45, 2.75) is 6.61 Å². The molecule has 17 heavy (non-hydrogen) atoms. The summed E-state index contributed by atoms with van der Waals surface area (Å²) in [6.07, 6.45) is 0. The number of benzene rings is 1. The molecule has 94 valence electrons. The second-order valence-corrected chi connectivity index (χ2v) is 2.90. The molecule has 0 saturated carbocycles. The van der Waals surface area contributed by atoms with Gasteiger partial charge in [0.05, 0.1) is 12.2 Å². The Bertz CT molecular complexity index is 399. The van der Waals surface area contributed by atoms with Gasteiger partial charge in [0.15, 0.2) is 23.3 Å². The molecule has 0 radical (unpaired) electrons. The summed E-state index contributed by atoms with van der Waals surface area (Å²) in [5.41, 5.74) is -1.18. The molecule has 0 amide bonds. The van der Waals surface area contributed by atoms with E-state index in [4.69, 9.17) is 5.02 Å². The molecular formula is C8H6BF5O3. The zero-order valence-corrected chi connectivity index (χ0v) is 8.44. The molecule has 0 aromatic heterocycles. The van der Waals surface area contributed by atoms with Gasteiger partial charge < -0.3 is 14.3 Å². The molecule has 0 atom stereocenters. The van der Waals surface area contributed by atoms with Crippen LogP contribution in [-0.2, 0) is 15.9 Å². The van der Waals surface area contributed by atoms with Gasteiger partial charge in [0.1, 0.15) is 0 Å². The molecule has 1 N–H and O–H groups in total. The average Bonchev–Trinajstić information content (AvgIpc) is 2.33. The van der Waals surface area contributed by atoms with Gasteiger partial charge in [-0.25, -0.2) is 22.0 Å². The van der Waals surface area contributed by atoms with E-state index in [1.54, 1.807) is 0 Å². The van der Waals surface area contributed by atoms with Gasteiger partial charge in [-0.2, -0.15) is 0 Å². The van der Waals surface area contributed by atoms with Crippen LogP contribution in [0, 0.1) is 29.1 Å². The Labute approximate surface area is 92.9 Å². The van der Waals surface area contributed by atoms with E-state index < -0.39 is 48.6 Å². The van der Waals surface area contributed by atoms with Crippen molar-refractivity contribution in [3.05, 3.63) is 34.6 Å². The van der Waals surface area contributed by atoms with Gasteiger partial charge in [-0.15, -0.1) is 0 Å². The fourth-order valence-electron chi connectivity index (χ4n) is 1.000. The van der Waals surface area contributed by atoms with E-state index in [9.17, 15) is 22.0 Å². The molecule has 0 heterocycles. The van der Waals surface area contributed by atoms with E-state index in [-0.39, 0.29) is 0 Å². The Hall–Kier alpha value is -1.19. The van der Waals surface area contributed by atoms with E-state index in [0.29, 0.717) is 0 Å². The average molecular weight is 256 g/mol. The van der Waals surface area contributed by atoms with E-state index in [2.05, 4.69) is 9.31 Å². The lowest BCUT2D eigenvalue weighted by Crippen LogP contribution is -2.21. The van der Waals surface area contributed by atoms with Crippen LogP contribution in [0.5, 0.6) is 0 Å². The SMILES string of the molecule is COB(O)OCc1c(F)c(F)c(F)c(F)c1F. The number of hydrogen-bond donors (Lipinski definition) is 1. The number of halogens is 5. The molecule has 1 aromatic rings. The molecular weight excluding hydrogens is 250 g/mol. The smallest absolute Gasteiger partial charge is 0.402 e. The fraction of sp³-hybridized carbons (Fsp3) is 0.250. The highest BCUT2D eigenvalue weighted by Gasteiger charge is 2.26. The van der Waals surface area contributed by atoms with Gasteiger partial charge in [0.25, 0.3) is 0 Å². The van der Waals surface area contributed by atoms with Crippen molar-refractivity contribution in [2.24, 2.45) is 0 Å². The normalized spacial score (nSPS) is 10.8. The second-order valence-electron chi connectivity index (χ2n) is 2.90. The predicted molar refractivity (Wildman–Crippen MR) is 46.0 cm³/mol. The summed E-state index contributed by atoms with van der Waals surface area (Å²) in [7, 11) is -0.812. The van der Waals surface area contributed by atoms with E-state index in [0.717, 1.165) is 7.11 Å². The topological polar surface area (TPSA) is 38.7 Å². The van der Waals surface area contributed by atoms with E-state index >= 15 is 0 Å². The largest absolute Gasteiger partial charge is 0.636 e. The van der Waals surface area contributed by atoms with E-state index in [1.165, 1.54) is 0 Å². The third kappa shape index (κ3) is 2.74. The highest BCUT2D eigenvalue weighted by Crippen LogP contribution is 2.23. The summed E-state index contributed by atoms with van der Waals surface area (Å²) in [4.78, 5) is 0. The predicted octanol–water partition coefficient (Wildman–Crippen LogP) is 1.52. The first-order valence-electron chi connectivity index (χ1n) is 4.22. The molecule has 3 nitrogen and oxygen atoms in total. The highest BCUT2D eigenvalue weighted by molar-refractivity contribution is 6.34. The molecule has 0 saturated heterocycles. The molecule has 0 aliphatic heterocycles. The quantitative estimate of drug-likeness (QED) is 0.384. The Morgan fingerprint density at radius 2 is 1.35 bits per heavy atom. The summed E-state index contributed by atoms with van der Waals surface area (Å²) in [6.45, 7) is -1.03. The molecule has 9 heteroatoms. The zero-order chi connectivity index (χ0) is 13.2. The van der Waals surface area contributed by atoms with Crippen molar-refractivity contribution < 1.29 is 36.3 Å². The van der Waals surface area contributed by atoms with E-state index in [1.807, 2.05) is 0 Å². The van der Waals surface area contributed by atoms with Crippen molar-refractivity contribution in [3.63, 3.8) is 0 Å². The Morgan fingerprint density at radius 3 is 1.76 bits per heavy atom. The first-order valence-corrected chi connectivity index (χ1v) is 4.22. The van der Waals surface area contributed by atoms with Crippen LogP contribution in [0.1, 0.15) is 5.56 Å². The summed E-state index contributed by atoms with van der Waals surface area (Å²) in [6, 6.07) is 0. The van der Waals surface area contributed by atoms with Gasteiger partial charge in [0.2, 0.25) is 5.82 Å². The van der Waals surface area contributed by atoms with Gasteiger partial charge in [-0.1, -0.05) is 0 Å². The molecule has 0 aliphatic carbocycles. The zero-order valence-electron chi connectivity index (χ0n) is 8.44. The Balaban J connectivity index is 3.07. The molecule has 0 unspecified atom stereocenters. The van der Waals surface area contributed by atoms with Crippen LogP contribution < -0.4 is 0 Å². The van der Waals surface area contributed by atoms with Crippen LogP contribution in [-0.4, -0.2) is 19.5 Å². The van der Waals surface area contributed by atoms with Crippen LogP contribution in [0.2, 0.25) is 0 Å². The maximum atomic E-state index is 13.0. The minimum Gasteiger partial charge on any atom is -0.402 e. The molecule has 1 aromatic carbocycles. The molecule has 0 bridgehead atoms. The van der Waals surface area contributed by atoms with Crippen molar-refractivity contribution >= 4 is 7.32 Å². The van der Waals surface area contributed by atoms with Gasteiger partial charge in [-0.05, 0) is 0 Å². The monoisotopic (exact) mass is 256 g/mol. The first-order chi connectivity index (χ1) is 7.90. The Morgan fingerprint density at radius 1 is 0.941 bits per heavy atom. The van der Waals surface area contributed by atoms with Crippen molar-refractivity contribution in [1.29, 1.82) is 0 Å². The number of rotatable bonds is 4. The van der Waals surface area contributed by atoms with Crippen LogP contribution in [0.25, 0.3) is 0 Å². The van der Waals surface area contributed by atoms with Gasteiger partial charge in [0, 0.05) is 7.11 Å². The van der Waals surface area contributed by atoms with Gasteiger partial charge in [-0.3, -0.25) is 0 Å². The third-order valence-electron chi connectivity index (χ3n) is 1.87. The third-order valence-corrected chi connectivity index (χ3v) is 1.87. The summed E-state index contributed by atoms with van der Waals surface area (Å²) in [5, 5.41) is 8.74. The lowest BCUT2D eigenvalue weighted by Gasteiger charge is -2.09. The minimum atomic E-state index is -2.25. The lowest BCUT2D eigenvalue weighted by molar-refractivity contribution is 0.146. The summed E-state index contributed by atoms with van der Waals surface area (Å²) in [5.74, 6) is -10.4. The Kier molecular flexibility index (Phi) is 4.43. The van der Waals surface area contributed by atoms with Crippen LogP contribution >= 0.6 is 0 Å². The lowest BCUT2D eigenvalue weighted by atomic mass is 10.1. The fourth-order valence-corrected chi connectivity index (χ4v) is 1.000. The minimum absolute atomic E-state index is 1.02. The highest BCUT2D eigenvalue weighted by atomic mass is 19.2. The van der Waals surface area contributed by atoms with Crippen LogP contribution in [0.4, 0.5) is 22.0 Å². The summed E-state index contributed by atoms with van der Waals surface area (Å²) < 4.78 is 72.5. The van der Waals surface area contributed by atoms with Crippen molar-refractivity contribution in [2.75, 3.05) is 7.11 Å². The second kappa shape index (κ2) is 5.43. The molecule has 0 aliphatic rings. The molecule has 0 spiro atoms. The summed E-state index contributed by atoms with van der Waals surface area (Å²) >= 11 is 0. The van der Waals surface area contributed by atoms with Gasteiger partial charge >= 0.3 is 7.32 Å². The van der Waals surface area contributed by atoms with Crippen LogP contribution in [0.3, 0.4) is 0 Å². The van der Waals surface area contributed by atoms with Crippen LogP contribution in [0.15, 0.2) is 0 Å². The maximum absolute atomic E-state index is 13.0. The van der Waals surface area contributed by atoms with Crippen molar-refractivity contribution in [1.82, 2.24) is 0 Å². The standard InChI is InChI=1S/C8H6BF5O3/c1-16-9(15)17-2-3-4(10)6(12)8(14)7(13)5(3)11/h15H,2H2,1H3. The van der Waals surface area contributed by atoms with Crippen molar-refractivity contribution in [3.8, 4) is 0 Å². The first kappa shape index (κ1) is 13.9. The number of hydrogen-bond acceptors (Lipinski definition) is 3. The molecule has 1 rings (SSSR count).